The maximum Gasteiger partial charge on any atom is 0.342 e. The molecule has 0 spiro atoms. The van der Waals surface area contributed by atoms with Gasteiger partial charge in [0.05, 0.1) is 35.7 Å². The predicted octanol–water partition coefficient (Wildman–Crippen LogP) is 5.88. The summed E-state index contributed by atoms with van der Waals surface area (Å²) in [6.45, 7) is 0.326. The van der Waals surface area contributed by atoms with E-state index in [1.54, 1.807) is 25.3 Å². The number of para-hydroxylation sites is 2. The van der Waals surface area contributed by atoms with E-state index in [9.17, 15) is 14.7 Å². The molecule has 6 rings (SSSR count). The molecule has 0 radical (unpaired) electrons. The summed E-state index contributed by atoms with van der Waals surface area (Å²) in [4.78, 5) is 35.0. The van der Waals surface area contributed by atoms with Crippen molar-refractivity contribution in [2.45, 2.75) is 38.1 Å². The first-order valence-electron chi connectivity index (χ1n) is 13.9. The summed E-state index contributed by atoms with van der Waals surface area (Å²) in [5.41, 5.74) is 4.50. The van der Waals surface area contributed by atoms with Crippen LogP contribution in [0.5, 0.6) is 11.5 Å². The zero-order chi connectivity index (χ0) is 29.1. The Morgan fingerprint density at radius 1 is 1.00 bits per heavy atom. The Labute approximate surface area is 242 Å². The normalized spacial score (nSPS) is 13.3. The molecule has 212 valence electrons. The van der Waals surface area contributed by atoms with Gasteiger partial charge in [0.15, 0.2) is 0 Å². The molecule has 0 atom stereocenters. The van der Waals surface area contributed by atoms with Crippen LogP contribution < -0.4 is 15.4 Å². The Bertz CT molecular complexity index is 1760. The Kier molecular flexibility index (Phi) is 7.50. The highest BCUT2D eigenvalue weighted by Crippen LogP contribution is 2.38. The minimum absolute atomic E-state index is 0.0141. The first kappa shape index (κ1) is 26.9. The maximum atomic E-state index is 13.3. The van der Waals surface area contributed by atoms with Gasteiger partial charge in [0, 0.05) is 23.7 Å². The molecule has 3 N–H and O–H groups in total. The molecule has 2 amide bonds. The Hall–Kier alpha value is -5.25. The van der Waals surface area contributed by atoms with Crippen molar-refractivity contribution in [3.63, 3.8) is 0 Å². The minimum Gasteiger partial charge on any atom is -0.507 e. The lowest BCUT2D eigenvalue weighted by atomic mass is 10.0. The first-order valence-corrected chi connectivity index (χ1v) is 13.9. The number of hydrogen-bond donors (Lipinski definition) is 3. The van der Waals surface area contributed by atoms with Crippen LogP contribution in [0.2, 0.25) is 0 Å². The molecule has 1 aliphatic carbocycles. The van der Waals surface area contributed by atoms with Crippen molar-refractivity contribution in [2.24, 2.45) is 0 Å². The van der Waals surface area contributed by atoms with Gasteiger partial charge in [-0.15, -0.1) is 0 Å². The van der Waals surface area contributed by atoms with Crippen LogP contribution in [0.1, 0.15) is 53.3 Å². The lowest BCUT2D eigenvalue weighted by molar-refractivity contribution is 0.102. The lowest BCUT2D eigenvalue weighted by Gasteiger charge is -2.12. The van der Waals surface area contributed by atoms with Gasteiger partial charge >= 0.3 is 6.03 Å². The number of hydrogen-bond acceptors (Lipinski definition) is 7. The predicted molar refractivity (Wildman–Crippen MR) is 159 cm³/mol. The quantitative estimate of drug-likeness (QED) is 0.211. The van der Waals surface area contributed by atoms with Gasteiger partial charge < -0.3 is 20.5 Å². The molecule has 0 bridgehead atoms. The molecule has 0 unspecified atom stereocenters. The van der Waals surface area contributed by atoms with Crippen molar-refractivity contribution in [2.75, 3.05) is 12.4 Å². The number of aromatic hydroxyl groups is 1. The number of benzene rings is 3. The van der Waals surface area contributed by atoms with E-state index in [1.165, 1.54) is 16.9 Å². The number of methoxy groups -OCH3 is 1. The van der Waals surface area contributed by atoms with E-state index in [4.69, 9.17) is 4.74 Å². The van der Waals surface area contributed by atoms with Crippen molar-refractivity contribution in [3.05, 3.63) is 95.9 Å². The molecule has 3 aromatic carbocycles. The van der Waals surface area contributed by atoms with Gasteiger partial charge in [0.1, 0.15) is 17.2 Å². The third-order valence-corrected chi connectivity index (χ3v) is 7.52. The highest BCUT2D eigenvalue weighted by Gasteiger charge is 2.26. The van der Waals surface area contributed by atoms with Gasteiger partial charge in [-0.2, -0.15) is 9.78 Å². The molecule has 1 fully saturated rings. The number of anilines is 1. The Morgan fingerprint density at radius 3 is 2.52 bits per heavy atom. The maximum absolute atomic E-state index is 13.3. The van der Waals surface area contributed by atoms with Gasteiger partial charge in [-0.05, 0) is 66.9 Å². The highest BCUT2D eigenvalue weighted by molar-refractivity contribution is 6.04. The van der Waals surface area contributed by atoms with Gasteiger partial charge in [-0.1, -0.05) is 37.1 Å². The van der Waals surface area contributed by atoms with Crippen LogP contribution in [0, 0.1) is 0 Å². The standard InChI is InChI=1S/C32H30N6O4/c1-42-23-13-10-20(11-14-23)18-34-32(41)38-29(21-6-2-3-7-21)17-27(37-38)24-16-22(12-15-30(24)39)35-31(40)28-19-33-25-8-4-5-9-26(25)36-28/h4-5,8-17,19,21,39H,2-3,6-7,18H2,1H3,(H,34,41)(H,35,40). The summed E-state index contributed by atoms with van der Waals surface area (Å²) in [5, 5.41) is 21.2. The van der Waals surface area contributed by atoms with E-state index in [2.05, 4.69) is 25.7 Å². The number of phenols is 1. The second-order valence-electron chi connectivity index (χ2n) is 10.3. The van der Waals surface area contributed by atoms with Gasteiger partial charge in [0.2, 0.25) is 0 Å². The summed E-state index contributed by atoms with van der Waals surface area (Å²) in [6, 6.07) is 21.0. The molecule has 42 heavy (non-hydrogen) atoms. The van der Waals surface area contributed by atoms with Crippen LogP contribution in [-0.2, 0) is 6.54 Å². The molecule has 2 heterocycles. The molecule has 1 saturated carbocycles. The van der Waals surface area contributed by atoms with Gasteiger partial charge in [-0.3, -0.25) is 9.78 Å². The van der Waals surface area contributed by atoms with E-state index in [1.807, 2.05) is 48.5 Å². The SMILES string of the molecule is COc1ccc(CNC(=O)n2nc(-c3cc(NC(=O)c4cnc5ccccc5n4)ccc3O)cc2C2CCCC2)cc1. The molecule has 10 heteroatoms. The van der Waals surface area contributed by atoms with Crippen LogP contribution in [0.3, 0.4) is 0 Å². The van der Waals surface area contributed by atoms with Crippen LogP contribution in [0.15, 0.2) is 79.0 Å². The van der Waals surface area contributed by atoms with E-state index in [-0.39, 0.29) is 23.4 Å². The van der Waals surface area contributed by atoms with Crippen molar-refractivity contribution in [1.82, 2.24) is 25.1 Å². The molecule has 1 aliphatic rings. The summed E-state index contributed by atoms with van der Waals surface area (Å²) in [6.07, 6.45) is 5.53. The van der Waals surface area contributed by atoms with Crippen molar-refractivity contribution in [3.8, 4) is 22.8 Å². The third kappa shape index (κ3) is 5.64. The lowest BCUT2D eigenvalue weighted by Crippen LogP contribution is -2.30. The fraction of sp³-hybridized carbons (Fsp3) is 0.219. The number of nitrogens with zero attached hydrogens (tertiary/aromatic N) is 4. The average molecular weight is 563 g/mol. The van der Waals surface area contributed by atoms with Crippen LogP contribution in [0.25, 0.3) is 22.3 Å². The number of rotatable bonds is 7. The molecule has 0 aliphatic heterocycles. The van der Waals surface area contributed by atoms with Crippen LogP contribution in [0.4, 0.5) is 10.5 Å². The molecular weight excluding hydrogens is 532 g/mol. The van der Waals surface area contributed by atoms with E-state index in [0.717, 1.165) is 42.7 Å². The number of ether oxygens (including phenoxy) is 1. The average Bonchev–Trinajstić information content (AvgIpc) is 3.72. The molecular formula is C32H30N6O4. The summed E-state index contributed by atoms with van der Waals surface area (Å²) in [7, 11) is 1.61. The van der Waals surface area contributed by atoms with Gasteiger partial charge in [0.25, 0.3) is 5.91 Å². The number of carbonyl (C=O) groups is 2. The van der Waals surface area contributed by atoms with Crippen LogP contribution >= 0.6 is 0 Å². The number of phenolic OH excluding ortho intramolecular Hbond substituents is 1. The van der Waals surface area contributed by atoms with Crippen molar-refractivity contribution in [1.29, 1.82) is 0 Å². The third-order valence-electron chi connectivity index (χ3n) is 7.52. The van der Waals surface area contributed by atoms with Crippen LogP contribution in [-0.4, -0.2) is 43.9 Å². The molecule has 0 saturated heterocycles. The summed E-state index contributed by atoms with van der Waals surface area (Å²) < 4.78 is 6.61. The van der Waals surface area contributed by atoms with E-state index >= 15 is 0 Å². The Balaban J connectivity index is 1.25. The zero-order valence-corrected chi connectivity index (χ0v) is 23.1. The monoisotopic (exact) mass is 562 g/mol. The second kappa shape index (κ2) is 11.7. The second-order valence-corrected chi connectivity index (χ2v) is 10.3. The van der Waals surface area contributed by atoms with E-state index in [0.29, 0.717) is 34.5 Å². The van der Waals surface area contributed by atoms with Crippen molar-refractivity contribution < 1.29 is 19.4 Å². The number of aromatic nitrogens is 4. The molecule has 2 aromatic heterocycles. The number of carbonyl (C=O) groups excluding carboxylic acids is 2. The topological polar surface area (TPSA) is 131 Å². The highest BCUT2D eigenvalue weighted by atomic mass is 16.5. The largest absolute Gasteiger partial charge is 0.507 e. The smallest absolute Gasteiger partial charge is 0.342 e. The van der Waals surface area contributed by atoms with E-state index < -0.39 is 5.91 Å². The number of amides is 2. The Morgan fingerprint density at radius 2 is 1.76 bits per heavy atom. The van der Waals surface area contributed by atoms with Gasteiger partial charge in [-0.25, -0.2) is 9.78 Å². The zero-order valence-electron chi connectivity index (χ0n) is 23.1. The summed E-state index contributed by atoms with van der Waals surface area (Å²) in [5.74, 6) is 0.489. The minimum atomic E-state index is -0.431. The summed E-state index contributed by atoms with van der Waals surface area (Å²) >= 11 is 0. The molecule has 10 nitrogen and oxygen atoms in total. The number of nitrogens with one attached hydrogen (secondary N) is 2. The fourth-order valence-electron chi connectivity index (χ4n) is 5.28. The molecule has 5 aromatic rings. The van der Waals surface area contributed by atoms with Crippen molar-refractivity contribution >= 4 is 28.7 Å². The number of fused-ring (bicyclic) bond motifs is 1. The first-order chi connectivity index (χ1) is 20.5. The fourth-order valence-corrected chi connectivity index (χ4v) is 5.28.